The number of aryl methyl sites for hydroxylation is 3. The summed E-state index contributed by atoms with van der Waals surface area (Å²) in [6.07, 6.45) is 4.47. The lowest BCUT2D eigenvalue weighted by atomic mass is 9.96. The van der Waals surface area contributed by atoms with Crippen LogP contribution in [0.25, 0.3) is 0 Å². The van der Waals surface area contributed by atoms with Crippen LogP contribution in [0.2, 0.25) is 0 Å². The Bertz CT molecular complexity index is 789. The zero-order chi connectivity index (χ0) is 20.2. The minimum Gasteiger partial charge on any atom is -0.335 e. The van der Waals surface area contributed by atoms with Gasteiger partial charge in [0.05, 0.1) is 4.90 Å². The van der Waals surface area contributed by atoms with Crippen LogP contribution >= 0.6 is 0 Å². The molecule has 1 amide bonds. The Morgan fingerprint density at radius 2 is 1.59 bits per heavy atom. The molecule has 0 N–H and O–H groups in total. The van der Waals surface area contributed by atoms with E-state index in [0.29, 0.717) is 43.9 Å². The highest BCUT2D eigenvalue weighted by molar-refractivity contribution is 7.89. The Morgan fingerprint density at radius 1 is 1.11 bits per heavy atom. The Balaban J connectivity index is 2.14. The van der Waals surface area contributed by atoms with E-state index in [2.05, 4.69) is 13.2 Å². The summed E-state index contributed by atoms with van der Waals surface area (Å²) in [4.78, 5) is 14.8. The van der Waals surface area contributed by atoms with E-state index in [1.54, 1.807) is 17.1 Å². The van der Waals surface area contributed by atoms with Crippen LogP contribution in [0.4, 0.5) is 0 Å². The molecule has 1 fully saturated rings. The van der Waals surface area contributed by atoms with Gasteiger partial charge in [-0.2, -0.15) is 4.31 Å². The lowest BCUT2D eigenvalue weighted by Gasteiger charge is -2.33. The number of benzene rings is 1. The van der Waals surface area contributed by atoms with Crippen molar-refractivity contribution in [3.05, 3.63) is 54.1 Å². The lowest BCUT2D eigenvalue weighted by Crippen LogP contribution is -2.44. The van der Waals surface area contributed by atoms with Crippen molar-refractivity contribution in [2.45, 2.75) is 38.5 Å². The molecular formula is C21H30N2O3S. The first-order chi connectivity index (χ1) is 12.7. The molecule has 148 valence electrons. The Kier molecular flexibility index (Phi) is 7.00. The van der Waals surface area contributed by atoms with E-state index in [9.17, 15) is 13.2 Å². The van der Waals surface area contributed by atoms with Crippen LogP contribution in [0.15, 0.2) is 42.3 Å². The zero-order valence-electron chi connectivity index (χ0n) is 16.6. The summed E-state index contributed by atoms with van der Waals surface area (Å²) in [5.74, 6) is -0.105. The van der Waals surface area contributed by atoms with Crippen LogP contribution in [0.3, 0.4) is 0 Å². The lowest BCUT2D eigenvalue weighted by molar-refractivity contribution is -0.135. The average molecular weight is 391 g/mol. The van der Waals surface area contributed by atoms with Crippen LogP contribution in [0.1, 0.15) is 29.5 Å². The number of hydrogen-bond acceptors (Lipinski definition) is 3. The number of rotatable bonds is 7. The fourth-order valence-corrected chi connectivity index (χ4v) is 5.75. The highest BCUT2D eigenvalue weighted by Crippen LogP contribution is 2.29. The highest BCUT2D eigenvalue weighted by atomic mass is 32.2. The van der Waals surface area contributed by atoms with Crippen LogP contribution in [-0.2, 0) is 14.8 Å². The quantitative estimate of drug-likeness (QED) is 0.672. The normalized spacial score (nSPS) is 16.1. The fourth-order valence-electron chi connectivity index (χ4n) is 3.87. The van der Waals surface area contributed by atoms with Gasteiger partial charge in [0.2, 0.25) is 15.9 Å². The van der Waals surface area contributed by atoms with Crippen molar-refractivity contribution in [1.82, 2.24) is 9.21 Å². The van der Waals surface area contributed by atoms with E-state index >= 15 is 0 Å². The number of nitrogens with zero attached hydrogens (tertiary/aromatic N) is 2. The van der Waals surface area contributed by atoms with E-state index in [1.165, 1.54) is 4.31 Å². The summed E-state index contributed by atoms with van der Waals surface area (Å²) in [6, 6.07) is 3.80. The maximum atomic E-state index is 13.2. The van der Waals surface area contributed by atoms with Crippen molar-refractivity contribution in [3.8, 4) is 0 Å². The summed E-state index contributed by atoms with van der Waals surface area (Å²) in [5, 5.41) is 0. The second-order valence-electron chi connectivity index (χ2n) is 7.23. The third kappa shape index (κ3) is 4.68. The smallest absolute Gasteiger partial charge is 0.243 e. The van der Waals surface area contributed by atoms with Gasteiger partial charge < -0.3 is 4.90 Å². The van der Waals surface area contributed by atoms with Crippen molar-refractivity contribution in [1.29, 1.82) is 0 Å². The van der Waals surface area contributed by atoms with E-state index in [-0.39, 0.29) is 11.8 Å². The third-order valence-corrected chi connectivity index (χ3v) is 7.22. The van der Waals surface area contributed by atoms with Crippen molar-refractivity contribution in [2.24, 2.45) is 5.92 Å². The number of sulfonamides is 1. The Morgan fingerprint density at radius 3 is 2.04 bits per heavy atom. The van der Waals surface area contributed by atoms with Gasteiger partial charge in [0.25, 0.3) is 0 Å². The molecule has 1 aromatic carbocycles. The van der Waals surface area contributed by atoms with Crippen LogP contribution in [-0.4, -0.2) is 49.7 Å². The largest absolute Gasteiger partial charge is 0.335 e. The van der Waals surface area contributed by atoms with Crippen molar-refractivity contribution in [3.63, 3.8) is 0 Å². The molecule has 0 bridgehead atoms. The second-order valence-corrected chi connectivity index (χ2v) is 9.10. The summed E-state index contributed by atoms with van der Waals surface area (Å²) in [7, 11) is -3.55. The van der Waals surface area contributed by atoms with Crippen LogP contribution < -0.4 is 0 Å². The molecule has 1 aliphatic rings. The number of carbonyl (C=O) groups excluding carboxylic acids is 1. The van der Waals surface area contributed by atoms with Crippen molar-refractivity contribution < 1.29 is 13.2 Å². The number of piperidine rings is 1. The Hall–Kier alpha value is -1.92. The van der Waals surface area contributed by atoms with Crippen LogP contribution in [0, 0.1) is 26.7 Å². The van der Waals surface area contributed by atoms with Gasteiger partial charge in [0.1, 0.15) is 0 Å². The highest BCUT2D eigenvalue weighted by Gasteiger charge is 2.34. The maximum absolute atomic E-state index is 13.2. The predicted molar refractivity (Wildman–Crippen MR) is 109 cm³/mol. The molecular weight excluding hydrogens is 360 g/mol. The van der Waals surface area contributed by atoms with Gasteiger partial charge in [-0.1, -0.05) is 29.8 Å². The van der Waals surface area contributed by atoms with Gasteiger partial charge in [-0.05, 0) is 44.7 Å². The molecule has 0 atom stereocenters. The fraction of sp³-hybridized carbons (Fsp3) is 0.476. The molecule has 0 aliphatic carbocycles. The van der Waals surface area contributed by atoms with Gasteiger partial charge >= 0.3 is 0 Å². The van der Waals surface area contributed by atoms with Crippen LogP contribution in [0.5, 0.6) is 0 Å². The molecule has 1 saturated heterocycles. The molecule has 1 aliphatic heterocycles. The standard InChI is InChI=1S/C21H30N2O3S/c1-6-10-22(11-7-2)21(24)19-8-12-23(13-9-19)27(25,26)20-17(4)14-16(3)15-18(20)5/h6-7,14-15,19H,1-2,8-13H2,3-5H3. The summed E-state index contributed by atoms with van der Waals surface area (Å²) in [5.41, 5.74) is 2.60. The average Bonchev–Trinajstić information content (AvgIpc) is 2.60. The zero-order valence-corrected chi connectivity index (χ0v) is 17.4. The monoisotopic (exact) mass is 390 g/mol. The minimum absolute atomic E-state index is 0.0505. The molecule has 0 unspecified atom stereocenters. The van der Waals surface area contributed by atoms with E-state index in [4.69, 9.17) is 0 Å². The van der Waals surface area contributed by atoms with E-state index in [1.807, 2.05) is 32.9 Å². The maximum Gasteiger partial charge on any atom is 0.243 e. The molecule has 5 nitrogen and oxygen atoms in total. The van der Waals surface area contributed by atoms with Gasteiger partial charge in [0, 0.05) is 32.1 Å². The first kappa shape index (κ1) is 21.4. The Labute approximate surface area is 163 Å². The number of hydrogen-bond donors (Lipinski definition) is 0. The van der Waals surface area contributed by atoms with Gasteiger partial charge in [-0.25, -0.2) is 8.42 Å². The van der Waals surface area contributed by atoms with Crippen molar-refractivity contribution >= 4 is 15.9 Å². The van der Waals surface area contributed by atoms with E-state index in [0.717, 1.165) is 16.7 Å². The molecule has 1 aromatic rings. The molecule has 0 saturated carbocycles. The third-order valence-electron chi connectivity index (χ3n) is 5.02. The molecule has 0 radical (unpaired) electrons. The molecule has 0 spiro atoms. The first-order valence-corrected chi connectivity index (χ1v) is 10.7. The topological polar surface area (TPSA) is 57.7 Å². The molecule has 1 heterocycles. The SMILES string of the molecule is C=CCN(CC=C)C(=O)C1CCN(S(=O)(=O)c2c(C)cc(C)cc2C)CC1. The number of carbonyl (C=O) groups is 1. The molecule has 27 heavy (non-hydrogen) atoms. The van der Waals surface area contributed by atoms with Crippen molar-refractivity contribution in [2.75, 3.05) is 26.2 Å². The van der Waals surface area contributed by atoms with Gasteiger partial charge in [-0.15, -0.1) is 13.2 Å². The summed E-state index contributed by atoms with van der Waals surface area (Å²) < 4.78 is 27.8. The minimum atomic E-state index is -3.55. The summed E-state index contributed by atoms with van der Waals surface area (Å²) >= 11 is 0. The predicted octanol–water partition coefficient (Wildman–Crippen LogP) is 3.21. The molecule has 0 aromatic heterocycles. The number of amides is 1. The van der Waals surface area contributed by atoms with Gasteiger partial charge in [0.15, 0.2) is 0 Å². The molecule has 6 heteroatoms. The summed E-state index contributed by atoms with van der Waals surface area (Å²) in [6.45, 7) is 14.7. The molecule has 2 rings (SSSR count). The van der Waals surface area contributed by atoms with Gasteiger partial charge in [-0.3, -0.25) is 4.79 Å². The second kappa shape index (κ2) is 8.85. The first-order valence-electron chi connectivity index (χ1n) is 9.31. The van der Waals surface area contributed by atoms with E-state index < -0.39 is 10.0 Å².